The minimum absolute atomic E-state index is 0.248. The standard InChI is InChI=1S/C25H24FN3O2S/c1-2-27-32-22-13-11-21(12-14-22)28-24(30)23-15-18-5-3-4-6-19(18)16-29(23)25(31)17-7-9-20(26)10-8-17/h3-14,23,27H,2,15-16H2,1H3,(H,28,30). The zero-order chi connectivity index (χ0) is 22.5. The van der Waals surface area contributed by atoms with Crippen LogP contribution >= 0.6 is 11.9 Å². The lowest BCUT2D eigenvalue weighted by Crippen LogP contribution is -2.50. The maximum atomic E-state index is 13.3. The van der Waals surface area contributed by atoms with Crippen molar-refractivity contribution in [1.82, 2.24) is 9.62 Å². The van der Waals surface area contributed by atoms with Gasteiger partial charge in [0, 0.05) is 35.7 Å². The first-order valence-electron chi connectivity index (χ1n) is 10.5. The molecule has 1 atom stereocenters. The van der Waals surface area contributed by atoms with Crippen LogP contribution in [0.3, 0.4) is 0 Å². The number of anilines is 1. The summed E-state index contributed by atoms with van der Waals surface area (Å²) in [7, 11) is 0. The Balaban J connectivity index is 1.56. The Kier molecular flexibility index (Phi) is 6.87. The van der Waals surface area contributed by atoms with Crippen LogP contribution in [-0.4, -0.2) is 29.3 Å². The van der Waals surface area contributed by atoms with Crippen molar-refractivity contribution in [2.45, 2.75) is 30.8 Å². The predicted octanol–water partition coefficient (Wildman–Crippen LogP) is 4.65. The molecule has 2 N–H and O–H groups in total. The van der Waals surface area contributed by atoms with Gasteiger partial charge in [-0.1, -0.05) is 31.2 Å². The van der Waals surface area contributed by atoms with Crippen LogP contribution in [0.5, 0.6) is 0 Å². The number of hydrogen-bond donors (Lipinski definition) is 2. The van der Waals surface area contributed by atoms with Crippen molar-refractivity contribution in [2.75, 3.05) is 11.9 Å². The third-order valence-corrected chi connectivity index (χ3v) is 6.30. The van der Waals surface area contributed by atoms with Crippen molar-refractivity contribution in [3.63, 3.8) is 0 Å². The monoisotopic (exact) mass is 449 g/mol. The molecule has 0 saturated carbocycles. The van der Waals surface area contributed by atoms with E-state index < -0.39 is 11.9 Å². The number of fused-ring (bicyclic) bond motifs is 1. The van der Waals surface area contributed by atoms with E-state index in [1.54, 1.807) is 4.90 Å². The highest BCUT2D eigenvalue weighted by molar-refractivity contribution is 7.97. The van der Waals surface area contributed by atoms with Gasteiger partial charge < -0.3 is 10.2 Å². The Labute approximate surface area is 191 Å². The molecule has 0 bridgehead atoms. The van der Waals surface area contributed by atoms with Crippen LogP contribution in [-0.2, 0) is 17.8 Å². The summed E-state index contributed by atoms with van der Waals surface area (Å²) in [5.41, 5.74) is 3.09. The van der Waals surface area contributed by atoms with Crippen molar-refractivity contribution < 1.29 is 14.0 Å². The van der Waals surface area contributed by atoms with E-state index in [9.17, 15) is 14.0 Å². The molecule has 1 unspecified atom stereocenters. The molecular formula is C25H24FN3O2S. The summed E-state index contributed by atoms with van der Waals surface area (Å²) >= 11 is 1.53. The van der Waals surface area contributed by atoms with E-state index in [2.05, 4.69) is 10.0 Å². The highest BCUT2D eigenvalue weighted by Crippen LogP contribution is 2.26. The van der Waals surface area contributed by atoms with E-state index in [0.29, 0.717) is 24.2 Å². The molecule has 7 heteroatoms. The Morgan fingerprint density at radius 2 is 1.69 bits per heavy atom. The van der Waals surface area contributed by atoms with Crippen LogP contribution in [0.2, 0.25) is 0 Å². The lowest BCUT2D eigenvalue weighted by atomic mass is 9.92. The quantitative estimate of drug-likeness (QED) is 0.538. The molecule has 32 heavy (non-hydrogen) atoms. The minimum Gasteiger partial charge on any atom is -0.324 e. The molecular weight excluding hydrogens is 425 g/mol. The second-order valence-electron chi connectivity index (χ2n) is 7.54. The first-order chi connectivity index (χ1) is 15.5. The second-order valence-corrected chi connectivity index (χ2v) is 8.51. The van der Waals surface area contributed by atoms with E-state index in [1.807, 2.05) is 55.5 Å². The van der Waals surface area contributed by atoms with Gasteiger partial charge >= 0.3 is 0 Å². The van der Waals surface area contributed by atoms with Crippen molar-refractivity contribution in [1.29, 1.82) is 0 Å². The van der Waals surface area contributed by atoms with Gasteiger partial charge in [0.25, 0.3) is 5.91 Å². The van der Waals surface area contributed by atoms with Crippen LogP contribution in [0.4, 0.5) is 10.1 Å². The van der Waals surface area contributed by atoms with E-state index >= 15 is 0 Å². The summed E-state index contributed by atoms with van der Waals surface area (Å²) in [5.74, 6) is -0.949. The summed E-state index contributed by atoms with van der Waals surface area (Å²) in [6.07, 6.45) is 0.420. The SMILES string of the molecule is CCNSc1ccc(NC(=O)C2Cc3ccccc3CN2C(=O)c2ccc(F)cc2)cc1. The molecule has 2 amide bonds. The van der Waals surface area contributed by atoms with Gasteiger partial charge in [-0.15, -0.1) is 0 Å². The van der Waals surface area contributed by atoms with Crippen molar-refractivity contribution in [2.24, 2.45) is 0 Å². The van der Waals surface area contributed by atoms with Crippen LogP contribution in [0, 0.1) is 5.82 Å². The fraction of sp³-hybridized carbons (Fsp3) is 0.200. The van der Waals surface area contributed by atoms with Gasteiger partial charge in [-0.2, -0.15) is 0 Å². The topological polar surface area (TPSA) is 61.4 Å². The summed E-state index contributed by atoms with van der Waals surface area (Å²) in [6.45, 7) is 3.20. The summed E-state index contributed by atoms with van der Waals surface area (Å²) < 4.78 is 16.5. The van der Waals surface area contributed by atoms with Gasteiger partial charge in [-0.25, -0.2) is 4.39 Å². The van der Waals surface area contributed by atoms with E-state index in [-0.39, 0.29) is 11.8 Å². The van der Waals surface area contributed by atoms with Gasteiger partial charge in [0.05, 0.1) is 0 Å². The van der Waals surface area contributed by atoms with Crippen molar-refractivity contribution in [3.8, 4) is 0 Å². The number of carbonyl (C=O) groups is 2. The molecule has 1 heterocycles. The predicted molar refractivity (Wildman–Crippen MR) is 125 cm³/mol. The van der Waals surface area contributed by atoms with E-state index in [0.717, 1.165) is 22.6 Å². The smallest absolute Gasteiger partial charge is 0.254 e. The maximum Gasteiger partial charge on any atom is 0.254 e. The van der Waals surface area contributed by atoms with Gasteiger partial charge in [-0.05, 0) is 71.6 Å². The maximum absolute atomic E-state index is 13.3. The molecule has 5 nitrogen and oxygen atoms in total. The Hall–Kier alpha value is -3.16. The fourth-order valence-corrected chi connectivity index (χ4v) is 4.30. The number of benzene rings is 3. The molecule has 1 aliphatic rings. The molecule has 1 aliphatic heterocycles. The number of hydrogen-bond acceptors (Lipinski definition) is 4. The third kappa shape index (κ3) is 5.00. The molecule has 4 rings (SSSR count). The molecule has 0 radical (unpaired) electrons. The van der Waals surface area contributed by atoms with Crippen molar-refractivity contribution >= 4 is 29.4 Å². The molecule has 0 aromatic heterocycles. The number of halogens is 1. The molecule has 0 aliphatic carbocycles. The number of nitrogens with zero attached hydrogens (tertiary/aromatic N) is 1. The summed E-state index contributed by atoms with van der Waals surface area (Å²) in [6, 6.07) is 20.1. The Morgan fingerprint density at radius 1 is 1.00 bits per heavy atom. The molecule has 0 spiro atoms. The van der Waals surface area contributed by atoms with E-state index in [1.165, 1.54) is 36.2 Å². The highest BCUT2D eigenvalue weighted by atomic mass is 32.2. The highest BCUT2D eigenvalue weighted by Gasteiger charge is 2.35. The lowest BCUT2D eigenvalue weighted by molar-refractivity contribution is -0.121. The van der Waals surface area contributed by atoms with Gasteiger partial charge in [-0.3, -0.25) is 14.3 Å². The van der Waals surface area contributed by atoms with Gasteiger partial charge in [0.2, 0.25) is 5.91 Å². The van der Waals surface area contributed by atoms with Crippen molar-refractivity contribution in [3.05, 3.63) is 95.3 Å². The average Bonchev–Trinajstić information content (AvgIpc) is 2.82. The Bertz CT molecular complexity index is 1100. The minimum atomic E-state index is -0.668. The van der Waals surface area contributed by atoms with Crippen LogP contribution in [0.1, 0.15) is 28.4 Å². The first kappa shape index (κ1) is 22.0. The molecule has 0 fully saturated rings. The number of nitrogens with one attached hydrogen (secondary N) is 2. The normalized spacial score (nSPS) is 15.2. The van der Waals surface area contributed by atoms with Gasteiger partial charge in [0.1, 0.15) is 11.9 Å². The summed E-state index contributed by atoms with van der Waals surface area (Å²) in [5, 5.41) is 2.95. The fourth-order valence-electron chi connectivity index (χ4n) is 3.72. The second kappa shape index (κ2) is 9.97. The number of rotatable bonds is 6. The first-order valence-corrected chi connectivity index (χ1v) is 11.3. The number of amides is 2. The van der Waals surface area contributed by atoms with Crippen LogP contribution in [0.15, 0.2) is 77.7 Å². The zero-order valence-electron chi connectivity index (χ0n) is 17.7. The lowest BCUT2D eigenvalue weighted by Gasteiger charge is -2.36. The van der Waals surface area contributed by atoms with E-state index in [4.69, 9.17) is 0 Å². The van der Waals surface area contributed by atoms with Crippen LogP contribution in [0.25, 0.3) is 0 Å². The molecule has 164 valence electrons. The van der Waals surface area contributed by atoms with Crippen LogP contribution < -0.4 is 10.0 Å². The third-order valence-electron chi connectivity index (χ3n) is 5.36. The Morgan fingerprint density at radius 3 is 2.38 bits per heavy atom. The molecule has 3 aromatic carbocycles. The summed E-state index contributed by atoms with van der Waals surface area (Å²) in [4.78, 5) is 29.1. The molecule has 3 aromatic rings. The largest absolute Gasteiger partial charge is 0.324 e. The molecule has 0 saturated heterocycles. The number of carbonyl (C=O) groups excluding carboxylic acids is 2. The van der Waals surface area contributed by atoms with Gasteiger partial charge in [0.15, 0.2) is 0 Å². The average molecular weight is 450 g/mol. The zero-order valence-corrected chi connectivity index (χ0v) is 18.5.